The number of nitrogens with one attached hydrogen (secondary N) is 1. The van der Waals surface area contributed by atoms with Crippen LogP contribution in [-0.2, 0) is 7.05 Å². The minimum Gasteiger partial charge on any atom is -0.378 e. The van der Waals surface area contributed by atoms with Crippen LogP contribution < -0.4 is 16.2 Å². The summed E-state index contributed by atoms with van der Waals surface area (Å²) in [7, 11) is 5.87. The van der Waals surface area contributed by atoms with E-state index in [1.165, 1.54) is 0 Å². The fraction of sp³-hybridized carbons (Fsp3) is 0.333. The molecule has 2 aromatic rings. The fourth-order valence-corrected chi connectivity index (χ4v) is 1.88. The van der Waals surface area contributed by atoms with Crippen molar-refractivity contribution >= 4 is 5.69 Å². The van der Waals surface area contributed by atoms with Crippen molar-refractivity contribution in [1.82, 2.24) is 20.4 Å². The van der Waals surface area contributed by atoms with E-state index in [2.05, 4.69) is 32.8 Å². The molecule has 6 heteroatoms. The van der Waals surface area contributed by atoms with Crippen LogP contribution in [0, 0.1) is 0 Å². The van der Waals surface area contributed by atoms with Crippen LogP contribution in [0.4, 0.5) is 5.69 Å². The molecule has 1 atom stereocenters. The van der Waals surface area contributed by atoms with E-state index < -0.39 is 0 Å². The Bertz CT molecular complexity index is 502. The zero-order chi connectivity index (χ0) is 13.1. The normalized spacial score (nSPS) is 12.4. The van der Waals surface area contributed by atoms with Crippen LogP contribution in [-0.4, -0.2) is 29.1 Å². The molecule has 2 rings (SSSR count). The molecule has 0 radical (unpaired) electrons. The summed E-state index contributed by atoms with van der Waals surface area (Å²) in [5.41, 5.74) is 5.95. The van der Waals surface area contributed by atoms with E-state index in [0.29, 0.717) is 0 Å². The van der Waals surface area contributed by atoms with Gasteiger partial charge in [0.2, 0.25) is 0 Å². The first-order chi connectivity index (χ1) is 8.63. The van der Waals surface area contributed by atoms with Gasteiger partial charge in [-0.25, -0.2) is 5.43 Å². The van der Waals surface area contributed by atoms with E-state index in [-0.39, 0.29) is 6.04 Å². The molecule has 0 spiro atoms. The predicted molar refractivity (Wildman–Crippen MR) is 70.9 cm³/mol. The van der Waals surface area contributed by atoms with Gasteiger partial charge in [-0.2, -0.15) is 0 Å². The molecule has 0 amide bonds. The Labute approximate surface area is 106 Å². The number of rotatable bonds is 4. The maximum atomic E-state index is 5.63. The number of nitrogens with two attached hydrogens (primary N) is 1. The molecular formula is C12H18N6. The van der Waals surface area contributed by atoms with Gasteiger partial charge in [0.05, 0.1) is 17.9 Å². The van der Waals surface area contributed by atoms with E-state index in [0.717, 1.165) is 16.9 Å². The number of anilines is 1. The second kappa shape index (κ2) is 5.16. The van der Waals surface area contributed by atoms with Crippen LogP contribution in [0.2, 0.25) is 0 Å². The lowest BCUT2D eigenvalue weighted by atomic mass is 10.0. The Balaban J connectivity index is 2.31. The van der Waals surface area contributed by atoms with Gasteiger partial charge in [0.25, 0.3) is 0 Å². The summed E-state index contributed by atoms with van der Waals surface area (Å²) in [6.07, 6.45) is 1.71. The van der Waals surface area contributed by atoms with E-state index >= 15 is 0 Å². The van der Waals surface area contributed by atoms with Crippen LogP contribution in [0.1, 0.15) is 17.3 Å². The van der Waals surface area contributed by atoms with E-state index in [1.807, 2.05) is 33.3 Å². The minimum atomic E-state index is -0.110. The third-order valence-corrected chi connectivity index (χ3v) is 2.95. The number of aryl methyl sites for hydroxylation is 1. The Morgan fingerprint density at radius 2 is 1.94 bits per heavy atom. The highest BCUT2D eigenvalue weighted by atomic mass is 15.4. The summed E-state index contributed by atoms with van der Waals surface area (Å²) in [4.78, 5) is 2.06. The number of aromatic nitrogens is 3. The molecule has 6 nitrogen and oxygen atoms in total. The summed E-state index contributed by atoms with van der Waals surface area (Å²) in [5, 5.41) is 7.79. The van der Waals surface area contributed by atoms with Crippen molar-refractivity contribution in [1.29, 1.82) is 0 Å². The second-order valence-corrected chi connectivity index (χ2v) is 4.37. The zero-order valence-electron chi connectivity index (χ0n) is 10.8. The quantitative estimate of drug-likeness (QED) is 0.605. The number of hydrogen-bond acceptors (Lipinski definition) is 5. The SMILES string of the molecule is CN(C)c1ccc(C(NN)c2cnnn2C)cc1. The zero-order valence-corrected chi connectivity index (χ0v) is 10.8. The first-order valence-electron chi connectivity index (χ1n) is 5.71. The highest BCUT2D eigenvalue weighted by Crippen LogP contribution is 2.22. The Morgan fingerprint density at radius 3 is 2.39 bits per heavy atom. The highest BCUT2D eigenvalue weighted by molar-refractivity contribution is 5.47. The fourth-order valence-electron chi connectivity index (χ4n) is 1.88. The van der Waals surface area contributed by atoms with Crippen LogP contribution in [0.5, 0.6) is 0 Å². The molecule has 0 aliphatic heterocycles. The van der Waals surface area contributed by atoms with Crippen molar-refractivity contribution in [2.24, 2.45) is 12.9 Å². The number of benzene rings is 1. The maximum Gasteiger partial charge on any atom is 0.0894 e. The molecule has 0 fully saturated rings. The standard InChI is InChI=1S/C12H18N6/c1-17(2)10-6-4-9(5-7-10)12(15-13)11-8-14-16-18(11)3/h4-8,12,15H,13H2,1-3H3. The molecule has 0 saturated heterocycles. The van der Waals surface area contributed by atoms with Crippen molar-refractivity contribution in [2.45, 2.75) is 6.04 Å². The average Bonchev–Trinajstić information content (AvgIpc) is 2.78. The molecule has 18 heavy (non-hydrogen) atoms. The van der Waals surface area contributed by atoms with Gasteiger partial charge in [-0.15, -0.1) is 5.10 Å². The van der Waals surface area contributed by atoms with Crippen molar-refractivity contribution in [2.75, 3.05) is 19.0 Å². The van der Waals surface area contributed by atoms with Gasteiger partial charge in [-0.3, -0.25) is 10.5 Å². The molecule has 0 aliphatic carbocycles. The van der Waals surface area contributed by atoms with E-state index in [1.54, 1.807) is 10.9 Å². The minimum absolute atomic E-state index is 0.110. The van der Waals surface area contributed by atoms with Crippen molar-refractivity contribution in [3.8, 4) is 0 Å². The average molecular weight is 246 g/mol. The third-order valence-electron chi connectivity index (χ3n) is 2.95. The van der Waals surface area contributed by atoms with Crippen LogP contribution in [0.15, 0.2) is 30.5 Å². The molecule has 1 unspecified atom stereocenters. The van der Waals surface area contributed by atoms with Crippen molar-refractivity contribution < 1.29 is 0 Å². The van der Waals surface area contributed by atoms with Gasteiger partial charge in [0, 0.05) is 26.8 Å². The predicted octanol–water partition coefficient (Wildman–Crippen LogP) is 0.434. The third kappa shape index (κ3) is 2.34. The van der Waals surface area contributed by atoms with Gasteiger partial charge in [-0.05, 0) is 17.7 Å². The van der Waals surface area contributed by atoms with Gasteiger partial charge >= 0.3 is 0 Å². The number of nitrogens with zero attached hydrogens (tertiary/aromatic N) is 4. The Hall–Kier alpha value is -1.92. The first-order valence-corrected chi connectivity index (χ1v) is 5.71. The first kappa shape index (κ1) is 12.5. The Morgan fingerprint density at radius 1 is 1.28 bits per heavy atom. The molecule has 96 valence electrons. The van der Waals surface area contributed by atoms with Gasteiger partial charge in [-0.1, -0.05) is 17.3 Å². The van der Waals surface area contributed by atoms with E-state index in [4.69, 9.17) is 5.84 Å². The molecule has 0 bridgehead atoms. The summed E-state index contributed by atoms with van der Waals surface area (Å²) >= 11 is 0. The molecular weight excluding hydrogens is 228 g/mol. The van der Waals surface area contributed by atoms with Crippen LogP contribution in [0.25, 0.3) is 0 Å². The summed E-state index contributed by atoms with van der Waals surface area (Å²) in [5.74, 6) is 5.63. The van der Waals surface area contributed by atoms with E-state index in [9.17, 15) is 0 Å². The smallest absolute Gasteiger partial charge is 0.0894 e. The topological polar surface area (TPSA) is 72.0 Å². The van der Waals surface area contributed by atoms with Crippen molar-refractivity contribution in [3.05, 3.63) is 41.7 Å². The highest BCUT2D eigenvalue weighted by Gasteiger charge is 2.16. The molecule has 1 aromatic carbocycles. The second-order valence-electron chi connectivity index (χ2n) is 4.37. The van der Waals surface area contributed by atoms with Crippen molar-refractivity contribution in [3.63, 3.8) is 0 Å². The monoisotopic (exact) mass is 246 g/mol. The number of hydrazine groups is 1. The molecule has 0 saturated carbocycles. The summed E-state index contributed by atoms with van der Waals surface area (Å²) < 4.78 is 1.71. The summed E-state index contributed by atoms with van der Waals surface area (Å²) in [6.45, 7) is 0. The lowest BCUT2D eigenvalue weighted by Gasteiger charge is -2.18. The summed E-state index contributed by atoms with van der Waals surface area (Å²) in [6, 6.07) is 8.10. The molecule has 3 N–H and O–H groups in total. The maximum absolute atomic E-state index is 5.63. The largest absolute Gasteiger partial charge is 0.378 e. The Kier molecular flexibility index (Phi) is 3.59. The van der Waals surface area contributed by atoms with Crippen LogP contribution >= 0.6 is 0 Å². The van der Waals surface area contributed by atoms with Gasteiger partial charge < -0.3 is 4.90 Å². The molecule has 0 aliphatic rings. The van der Waals surface area contributed by atoms with Crippen LogP contribution in [0.3, 0.4) is 0 Å². The van der Waals surface area contributed by atoms with Gasteiger partial charge in [0.1, 0.15) is 0 Å². The lowest BCUT2D eigenvalue weighted by Crippen LogP contribution is -2.30. The molecule has 1 aromatic heterocycles. The number of hydrogen-bond donors (Lipinski definition) is 2. The van der Waals surface area contributed by atoms with Gasteiger partial charge in [0.15, 0.2) is 0 Å². The molecule has 1 heterocycles. The lowest BCUT2D eigenvalue weighted by molar-refractivity contribution is 0.570.